The molecule has 0 aliphatic rings. The van der Waals surface area contributed by atoms with E-state index in [4.69, 9.17) is 11.6 Å². The molecule has 0 amide bonds. The lowest BCUT2D eigenvalue weighted by Gasteiger charge is -2.07. The maximum absolute atomic E-state index is 6.28. The third-order valence-electron chi connectivity index (χ3n) is 2.87. The van der Waals surface area contributed by atoms with Crippen LogP contribution in [0.15, 0.2) is 29.0 Å². The van der Waals surface area contributed by atoms with Gasteiger partial charge in [0.05, 0.1) is 5.52 Å². The van der Waals surface area contributed by atoms with E-state index < -0.39 is 0 Å². The fourth-order valence-electron chi connectivity index (χ4n) is 2.07. The monoisotopic (exact) mass is 274 g/mol. The predicted molar refractivity (Wildman–Crippen MR) is 77.3 cm³/mol. The number of aryl methyl sites for hydroxylation is 2. The summed E-state index contributed by atoms with van der Waals surface area (Å²) >= 11 is 7.90. The molecule has 0 fully saturated rings. The molecule has 0 bridgehead atoms. The van der Waals surface area contributed by atoms with Crippen LogP contribution >= 0.6 is 22.9 Å². The van der Waals surface area contributed by atoms with Crippen LogP contribution in [-0.4, -0.2) is 9.97 Å². The first-order chi connectivity index (χ1) is 8.65. The molecular formula is C14H11ClN2S. The van der Waals surface area contributed by atoms with E-state index >= 15 is 0 Å². The number of hydrogen-bond donors (Lipinski definition) is 0. The van der Waals surface area contributed by atoms with E-state index in [0.717, 1.165) is 22.0 Å². The van der Waals surface area contributed by atoms with Crippen molar-refractivity contribution in [1.82, 2.24) is 9.97 Å². The predicted octanol–water partition coefficient (Wildman–Crippen LogP) is 4.63. The zero-order valence-electron chi connectivity index (χ0n) is 10.1. The van der Waals surface area contributed by atoms with Crippen molar-refractivity contribution in [2.75, 3.05) is 0 Å². The van der Waals surface area contributed by atoms with E-state index in [1.807, 2.05) is 22.9 Å². The van der Waals surface area contributed by atoms with Crippen molar-refractivity contribution in [3.05, 3.63) is 45.2 Å². The summed E-state index contributed by atoms with van der Waals surface area (Å²) in [6.07, 6.45) is 0. The van der Waals surface area contributed by atoms with Crippen LogP contribution in [0.4, 0.5) is 0 Å². The summed E-state index contributed by atoms with van der Waals surface area (Å²) in [4.78, 5) is 9.02. The zero-order valence-corrected chi connectivity index (χ0v) is 11.6. The number of aromatic nitrogens is 2. The first-order valence-electron chi connectivity index (χ1n) is 5.62. The van der Waals surface area contributed by atoms with E-state index in [0.29, 0.717) is 11.0 Å². The highest BCUT2D eigenvalue weighted by atomic mass is 35.5. The van der Waals surface area contributed by atoms with Crippen molar-refractivity contribution in [2.45, 2.75) is 13.8 Å². The Morgan fingerprint density at radius 3 is 2.72 bits per heavy atom. The van der Waals surface area contributed by atoms with Crippen LogP contribution in [0.5, 0.6) is 0 Å². The van der Waals surface area contributed by atoms with Crippen molar-refractivity contribution >= 4 is 33.8 Å². The fourth-order valence-corrected chi connectivity index (χ4v) is 2.93. The minimum Gasteiger partial charge on any atom is -0.228 e. The Balaban J connectivity index is 2.34. The summed E-state index contributed by atoms with van der Waals surface area (Å²) < 4.78 is 0. The third-order valence-corrected chi connectivity index (χ3v) is 3.84. The van der Waals surface area contributed by atoms with Crippen molar-refractivity contribution in [1.29, 1.82) is 0 Å². The molecule has 2 nitrogen and oxygen atoms in total. The van der Waals surface area contributed by atoms with Gasteiger partial charge in [-0.3, -0.25) is 0 Å². The highest BCUT2D eigenvalue weighted by molar-refractivity contribution is 7.08. The number of nitrogens with zero attached hydrogens (tertiary/aromatic N) is 2. The molecule has 0 atom stereocenters. The molecule has 18 heavy (non-hydrogen) atoms. The Morgan fingerprint density at radius 2 is 2.00 bits per heavy atom. The summed E-state index contributed by atoms with van der Waals surface area (Å²) in [5, 5.41) is 5.49. The van der Waals surface area contributed by atoms with Gasteiger partial charge < -0.3 is 0 Å². The van der Waals surface area contributed by atoms with E-state index in [-0.39, 0.29) is 0 Å². The van der Waals surface area contributed by atoms with Crippen LogP contribution in [0, 0.1) is 13.8 Å². The molecule has 0 N–H and O–H groups in total. The zero-order chi connectivity index (χ0) is 12.7. The molecule has 0 aliphatic carbocycles. The largest absolute Gasteiger partial charge is 0.228 e. The van der Waals surface area contributed by atoms with Gasteiger partial charge in [0.2, 0.25) is 0 Å². The lowest BCUT2D eigenvalue weighted by Crippen LogP contribution is -1.93. The lowest BCUT2D eigenvalue weighted by atomic mass is 10.1. The maximum Gasteiger partial charge on any atom is 0.162 e. The summed E-state index contributed by atoms with van der Waals surface area (Å²) in [5.74, 6) is 0.695. The standard InChI is InChI=1S/C14H11ClN2S/c1-8-5-9(2)12-11(6-8)13(15)17-14(16-12)10-3-4-18-7-10/h3-7H,1-2H3. The SMILES string of the molecule is Cc1cc(C)c2nc(-c3ccsc3)nc(Cl)c2c1. The first kappa shape index (κ1) is 11.6. The molecule has 3 aromatic rings. The quantitative estimate of drug-likeness (QED) is 0.605. The number of hydrogen-bond acceptors (Lipinski definition) is 3. The maximum atomic E-state index is 6.28. The molecule has 0 spiro atoms. The molecule has 0 saturated carbocycles. The van der Waals surface area contributed by atoms with Crippen molar-refractivity contribution in [3.63, 3.8) is 0 Å². The lowest BCUT2D eigenvalue weighted by molar-refractivity contribution is 1.22. The summed E-state index contributed by atoms with van der Waals surface area (Å²) in [5.41, 5.74) is 4.25. The van der Waals surface area contributed by atoms with E-state index in [2.05, 4.69) is 29.9 Å². The third kappa shape index (κ3) is 1.89. The molecule has 0 radical (unpaired) electrons. The molecule has 2 aromatic heterocycles. The highest BCUT2D eigenvalue weighted by Crippen LogP contribution is 2.28. The Kier molecular flexibility index (Phi) is 2.80. The van der Waals surface area contributed by atoms with Crippen LogP contribution in [0.2, 0.25) is 5.15 Å². The Hall–Kier alpha value is -1.45. The topological polar surface area (TPSA) is 25.8 Å². The van der Waals surface area contributed by atoms with Gasteiger partial charge in [-0.1, -0.05) is 23.2 Å². The van der Waals surface area contributed by atoms with Gasteiger partial charge in [-0.25, -0.2) is 9.97 Å². The number of fused-ring (bicyclic) bond motifs is 1. The average Bonchev–Trinajstić information content (AvgIpc) is 2.83. The van der Waals surface area contributed by atoms with E-state index in [9.17, 15) is 0 Å². The molecule has 0 saturated heterocycles. The van der Waals surface area contributed by atoms with Gasteiger partial charge in [0.25, 0.3) is 0 Å². The van der Waals surface area contributed by atoms with Crippen LogP contribution in [0.3, 0.4) is 0 Å². The molecule has 90 valence electrons. The minimum absolute atomic E-state index is 0.521. The molecule has 1 aromatic carbocycles. The average molecular weight is 275 g/mol. The molecule has 0 unspecified atom stereocenters. The van der Waals surface area contributed by atoms with Gasteiger partial charge in [-0.15, -0.1) is 0 Å². The van der Waals surface area contributed by atoms with Crippen LogP contribution in [-0.2, 0) is 0 Å². The second-order valence-corrected chi connectivity index (χ2v) is 5.47. The number of halogens is 1. The molecule has 4 heteroatoms. The number of rotatable bonds is 1. The van der Waals surface area contributed by atoms with Gasteiger partial charge in [-0.2, -0.15) is 11.3 Å². The molecule has 0 aliphatic heterocycles. The molecule has 2 heterocycles. The number of thiophene rings is 1. The van der Waals surface area contributed by atoms with E-state index in [1.54, 1.807) is 11.3 Å². The summed E-state index contributed by atoms with van der Waals surface area (Å²) in [6, 6.07) is 6.15. The van der Waals surface area contributed by atoms with Gasteiger partial charge in [-0.05, 0) is 36.9 Å². The smallest absolute Gasteiger partial charge is 0.162 e. The van der Waals surface area contributed by atoms with Crippen molar-refractivity contribution in [3.8, 4) is 11.4 Å². The summed E-state index contributed by atoms with van der Waals surface area (Å²) in [7, 11) is 0. The second kappa shape index (κ2) is 4.34. The Labute approximate surface area is 114 Å². The Bertz CT molecular complexity index is 720. The van der Waals surface area contributed by atoms with Gasteiger partial charge >= 0.3 is 0 Å². The Morgan fingerprint density at radius 1 is 1.17 bits per heavy atom. The van der Waals surface area contributed by atoms with Gasteiger partial charge in [0.15, 0.2) is 5.82 Å². The first-order valence-corrected chi connectivity index (χ1v) is 6.94. The highest BCUT2D eigenvalue weighted by Gasteiger charge is 2.10. The second-order valence-electron chi connectivity index (χ2n) is 4.33. The normalized spacial score (nSPS) is 11.1. The van der Waals surface area contributed by atoms with Crippen molar-refractivity contribution in [2.24, 2.45) is 0 Å². The van der Waals surface area contributed by atoms with Crippen LogP contribution in [0.1, 0.15) is 11.1 Å². The van der Waals surface area contributed by atoms with Gasteiger partial charge in [0, 0.05) is 16.3 Å². The fraction of sp³-hybridized carbons (Fsp3) is 0.143. The molecule has 3 rings (SSSR count). The van der Waals surface area contributed by atoms with Crippen molar-refractivity contribution < 1.29 is 0 Å². The summed E-state index contributed by atoms with van der Waals surface area (Å²) in [6.45, 7) is 4.10. The molecular weight excluding hydrogens is 264 g/mol. The van der Waals surface area contributed by atoms with Crippen LogP contribution in [0.25, 0.3) is 22.3 Å². The number of benzene rings is 1. The van der Waals surface area contributed by atoms with Gasteiger partial charge in [0.1, 0.15) is 5.15 Å². The van der Waals surface area contributed by atoms with Crippen LogP contribution < -0.4 is 0 Å². The van der Waals surface area contributed by atoms with E-state index in [1.165, 1.54) is 5.56 Å². The minimum atomic E-state index is 0.521.